The van der Waals surface area contributed by atoms with E-state index in [-0.39, 0.29) is 23.4 Å². The Morgan fingerprint density at radius 1 is 1.21 bits per heavy atom. The van der Waals surface area contributed by atoms with Crippen LogP contribution in [-0.4, -0.2) is 24.1 Å². The van der Waals surface area contributed by atoms with Crippen molar-refractivity contribution < 1.29 is 13.2 Å². The van der Waals surface area contributed by atoms with Crippen molar-refractivity contribution in [2.75, 3.05) is 5.32 Å². The molecule has 0 saturated carbocycles. The van der Waals surface area contributed by atoms with Gasteiger partial charge in [-0.3, -0.25) is 0 Å². The second-order valence-corrected chi connectivity index (χ2v) is 9.38. The molecule has 0 fully saturated rings. The van der Waals surface area contributed by atoms with Crippen LogP contribution in [0.5, 0.6) is 5.75 Å². The molecule has 10 heteroatoms. The topological polar surface area (TPSA) is 99.2 Å². The van der Waals surface area contributed by atoms with Crippen molar-refractivity contribution in [1.29, 1.82) is 0 Å². The lowest BCUT2D eigenvalue weighted by molar-refractivity contribution is 0.243. The van der Waals surface area contributed by atoms with Crippen LogP contribution in [0.1, 0.15) is 13.8 Å². The van der Waals surface area contributed by atoms with Crippen LogP contribution in [0.3, 0.4) is 0 Å². The van der Waals surface area contributed by atoms with Crippen LogP contribution in [-0.2, 0) is 17.1 Å². The highest BCUT2D eigenvalue weighted by molar-refractivity contribution is 7.89. The zero-order valence-corrected chi connectivity index (χ0v) is 18.5. The zero-order chi connectivity index (χ0) is 20.1. The molecule has 0 aliphatic rings. The number of benzene rings is 2. The molecule has 4 aromatic rings. The van der Waals surface area contributed by atoms with E-state index in [0.717, 1.165) is 21.1 Å². The molecule has 0 atom stereocenters. The highest BCUT2D eigenvalue weighted by Crippen LogP contribution is 2.36. The molecule has 0 aliphatic heterocycles. The first-order chi connectivity index (χ1) is 13.2. The van der Waals surface area contributed by atoms with Gasteiger partial charge in [0.15, 0.2) is 5.13 Å². The van der Waals surface area contributed by atoms with Gasteiger partial charge in [0.2, 0.25) is 10.0 Å². The standard InChI is InChI=1S/C19H20N4O3S2.ClH/c1-11(2)26-16-6-4-12(28(20,24)25)10-14(16)21-19-22-18-13-8-9-23(3)15(13)5-7-17(18)27-19;/h4-11H,1-3H3,(H,21,22)(H2,20,24,25);1H. The Balaban J connectivity index is 0.00000240. The van der Waals surface area contributed by atoms with Gasteiger partial charge in [0.1, 0.15) is 5.75 Å². The minimum absolute atomic E-state index is 0. The molecule has 3 N–H and O–H groups in total. The van der Waals surface area contributed by atoms with Crippen LogP contribution in [0, 0.1) is 0 Å². The minimum Gasteiger partial charge on any atom is -0.489 e. The molecule has 7 nitrogen and oxygen atoms in total. The van der Waals surface area contributed by atoms with Gasteiger partial charge in [0.25, 0.3) is 0 Å². The Kier molecular flexibility index (Phi) is 5.77. The third kappa shape index (κ3) is 4.18. The maximum atomic E-state index is 11.8. The summed E-state index contributed by atoms with van der Waals surface area (Å²) in [6.07, 6.45) is 1.93. The number of aromatic nitrogens is 2. The molecule has 0 amide bonds. The van der Waals surface area contributed by atoms with Gasteiger partial charge in [-0.15, -0.1) is 12.4 Å². The van der Waals surface area contributed by atoms with Crippen LogP contribution >= 0.6 is 23.7 Å². The fourth-order valence-electron chi connectivity index (χ4n) is 3.05. The molecular weight excluding hydrogens is 432 g/mol. The maximum Gasteiger partial charge on any atom is 0.238 e. The summed E-state index contributed by atoms with van der Waals surface area (Å²) < 4.78 is 32.4. The quantitative estimate of drug-likeness (QED) is 0.467. The first-order valence-electron chi connectivity index (χ1n) is 8.67. The summed E-state index contributed by atoms with van der Waals surface area (Å²) >= 11 is 1.49. The lowest BCUT2D eigenvalue weighted by Crippen LogP contribution is -2.13. The van der Waals surface area contributed by atoms with Gasteiger partial charge in [0.05, 0.1) is 32.4 Å². The number of hydrogen-bond donors (Lipinski definition) is 2. The number of nitrogens with zero attached hydrogens (tertiary/aromatic N) is 2. The average Bonchev–Trinajstić information content (AvgIpc) is 3.18. The fraction of sp³-hybridized carbons (Fsp3) is 0.211. The number of thiazole rings is 1. The Morgan fingerprint density at radius 2 is 1.97 bits per heavy atom. The number of nitrogens with one attached hydrogen (secondary N) is 1. The molecule has 0 unspecified atom stereocenters. The minimum atomic E-state index is -3.83. The number of primary sulfonamides is 1. The summed E-state index contributed by atoms with van der Waals surface area (Å²) in [6.45, 7) is 3.81. The number of ether oxygens (including phenoxy) is 1. The summed E-state index contributed by atoms with van der Waals surface area (Å²) in [5.41, 5.74) is 2.51. The van der Waals surface area contributed by atoms with E-state index in [4.69, 9.17) is 14.9 Å². The summed E-state index contributed by atoms with van der Waals surface area (Å²) in [4.78, 5) is 4.73. The molecule has 29 heavy (non-hydrogen) atoms. The van der Waals surface area contributed by atoms with Gasteiger partial charge >= 0.3 is 0 Å². The normalized spacial score (nSPS) is 11.8. The predicted octanol–water partition coefficient (Wildman–Crippen LogP) is 4.39. The van der Waals surface area contributed by atoms with Gasteiger partial charge in [-0.05, 0) is 50.2 Å². The van der Waals surface area contributed by atoms with Crippen LogP contribution in [0.4, 0.5) is 10.8 Å². The molecule has 0 bridgehead atoms. The highest BCUT2D eigenvalue weighted by atomic mass is 35.5. The number of halogens is 1. The lowest BCUT2D eigenvalue weighted by atomic mass is 10.2. The zero-order valence-electron chi connectivity index (χ0n) is 16.0. The van der Waals surface area contributed by atoms with Crippen molar-refractivity contribution in [3.8, 4) is 5.75 Å². The predicted molar refractivity (Wildman–Crippen MR) is 120 cm³/mol. The Bertz CT molecular complexity index is 1300. The first kappa shape index (κ1) is 21.4. The van der Waals surface area contributed by atoms with Gasteiger partial charge < -0.3 is 14.6 Å². The second-order valence-electron chi connectivity index (χ2n) is 6.79. The molecule has 0 aliphatic carbocycles. The van der Waals surface area contributed by atoms with Crippen LogP contribution in [0.15, 0.2) is 47.5 Å². The number of nitrogens with two attached hydrogens (primary N) is 1. The van der Waals surface area contributed by atoms with Crippen LogP contribution in [0.25, 0.3) is 21.1 Å². The van der Waals surface area contributed by atoms with E-state index in [9.17, 15) is 8.42 Å². The summed E-state index contributed by atoms with van der Waals surface area (Å²) in [7, 11) is -1.83. The number of hydrogen-bond acceptors (Lipinski definition) is 6. The molecule has 0 saturated heterocycles. The molecule has 2 aromatic carbocycles. The fourth-order valence-corrected chi connectivity index (χ4v) is 4.49. The van der Waals surface area contributed by atoms with Crippen molar-refractivity contribution in [2.45, 2.75) is 24.8 Å². The Labute approximate surface area is 179 Å². The number of sulfonamides is 1. The molecule has 0 radical (unpaired) electrons. The van der Waals surface area contributed by atoms with E-state index in [1.165, 1.54) is 23.5 Å². The van der Waals surface area contributed by atoms with Crippen LogP contribution in [0.2, 0.25) is 0 Å². The van der Waals surface area contributed by atoms with Gasteiger partial charge in [0, 0.05) is 18.6 Å². The van der Waals surface area contributed by atoms with Crippen LogP contribution < -0.4 is 15.2 Å². The molecule has 0 spiro atoms. The molecular formula is C19H21ClN4O3S2. The van der Waals surface area contributed by atoms with Gasteiger partial charge in [-0.2, -0.15) is 0 Å². The van der Waals surface area contributed by atoms with Gasteiger partial charge in [-0.1, -0.05) is 11.3 Å². The molecule has 2 heterocycles. The number of anilines is 2. The molecule has 154 valence electrons. The Morgan fingerprint density at radius 3 is 2.66 bits per heavy atom. The van der Waals surface area contributed by atoms with Crippen molar-refractivity contribution >= 4 is 65.7 Å². The summed E-state index contributed by atoms with van der Waals surface area (Å²) in [5.74, 6) is 0.534. The SMILES string of the molecule is CC(C)Oc1ccc(S(N)(=O)=O)cc1Nc1nc2c(ccc3c2ccn3C)s1.Cl. The summed E-state index contributed by atoms with van der Waals surface area (Å²) in [5, 5.41) is 10.2. The van der Waals surface area contributed by atoms with Gasteiger partial charge in [-0.25, -0.2) is 18.5 Å². The smallest absolute Gasteiger partial charge is 0.238 e. The largest absolute Gasteiger partial charge is 0.489 e. The first-order valence-corrected chi connectivity index (χ1v) is 11.0. The van der Waals surface area contributed by atoms with E-state index in [1.807, 2.05) is 43.8 Å². The van der Waals surface area contributed by atoms with Crippen molar-refractivity contribution in [3.63, 3.8) is 0 Å². The monoisotopic (exact) mass is 452 g/mol. The average molecular weight is 453 g/mol. The number of aryl methyl sites for hydroxylation is 1. The summed E-state index contributed by atoms with van der Waals surface area (Å²) in [6, 6.07) is 10.6. The van der Waals surface area contributed by atoms with E-state index >= 15 is 0 Å². The maximum absolute atomic E-state index is 11.8. The lowest BCUT2D eigenvalue weighted by Gasteiger charge is -2.15. The van der Waals surface area contributed by atoms with E-state index < -0.39 is 10.0 Å². The third-order valence-corrected chi connectivity index (χ3v) is 6.15. The molecule has 4 rings (SSSR count). The van der Waals surface area contributed by atoms with Crippen molar-refractivity contribution in [2.24, 2.45) is 12.2 Å². The third-order valence-electron chi connectivity index (χ3n) is 4.31. The number of fused-ring (bicyclic) bond motifs is 3. The van der Waals surface area contributed by atoms with Crippen molar-refractivity contribution in [3.05, 3.63) is 42.6 Å². The highest BCUT2D eigenvalue weighted by Gasteiger charge is 2.16. The molecule has 2 aromatic heterocycles. The van der Waals surface area contributed by atoms with E-state index in [2.05, 4.69) is 11.4 Å². The Hall–Kier alpha value is -2.33. The number of rotatable bonds is 5. The second kappa shape index (κ2) is 7.83. The van der Waals surface area contributed by atoms with Crippen molar-refractivity contribution in [1.82, 2.24) is 9.55 Å². The van der Waals surface area contributed by atoms with E-state index in [1.54, 1.807) is 6.07 Å². The van der Waals surface area contributed by atoms with E-state index in [0.29, 0.717) is 16.6 Å².